The van der Waals surface area contributed by atoms with E-state index in [4.69, 9.17) is 9.84 Å². The molecule has 1 spiro atoms. The van der Waals surface area contributed by atoms with Crippen molar-refractivity contribution in [3.05, 3.63) is 94.6 Å². The molecule has 0 saturated carbocycles. The molecule has 3 aromatic rings. The fourth-order valence-corrected chi connectivity index (χ4v) is 7.26. The number of benzene rings is 3. The summed E-state index contributed by atoms with van der Waals surface area (Å²) in [5.41, 5.74) is 2.71. The van der Waals surface area contributed by atoms with Crippen LogP contribution < -0.4 is 9.64 Å². The molecule has 0 amide bonds. The number of carbonyl (C=O) groups excluding carboxylic acids is 1. The second-order valence-corrected chi connectivity index (χ2v) is 12.2. The van der Waals surface area contributed by atoms with Crippen molar-refractivity contribution in [2.24, 2.45) is 5.41 Å². The summed E-state index contributed by atoms with van der Waals surface area (Å²) in [5.74, 6) is -0.840. The lowest BCUT2D eigenvalue weighted by Crippen LogP contribution is -2.45. The number of piperidine rings is 1. The number of carbonyl (C=O) groups is 1. The SMILES string of the molecule is CO.O=CCN1CCC2(CCCN(c3cc(F)c(C4c5ccc(OCc6ccccc6)cc5CCN4CC(F)F)c(F)c3)C2)C1. The van der Waals surface area contributed by atoms with Crippen molar-refractivity contribution in [2.75, 3.05) is 57.8 Å². The quantitative estimate of drug-likeness (QED) is 0.237. The van der Waals surface area contributed by atoms with Crippen LogP contribution in [0.3, 0.4) is 0 Å². The van der Waals surface area contributed by atoms with Crippen molar-refractivity contribution >= 4 is 12.0 Å². The van der Waals surface area contributed by atoms with Crippen LogP contribution in [0.15, 0.2) is 60.7 Å². The van der Waals surface area contributed by atoms with E-state index in [-0.39, 0.29) is 17.5 Å². The van der Waals surface area contributed by atoms with E-state index in [0.29, 0.717) is 49.7 Å². The van der Waals surface area contributed by atoms with Crippen molar-refractivity contribution in [3.63, 3.8) is 0 Å². The summed E-state index contributed by atoms with van der Waals surface area (Å²) in [4.78, 5) is 16.7. The van der Waals surface area contributed by atoms with Crippen LogP contribution in [0, 0.1) is 17.0 Å². The smallest absolute Gasteiger partial charge is 0.251 e. The summed E-state index contributed by atoms with van der Waals surface area (Å²) >= 11 is 0. The highest BCUT2D eigenvalue weighted by Gasteiger charge is 2.42. The van der Waals surface area contributed by atoms with E-state index in [9.17, 15) is 13.6 Å². The Morgan fingerprint density at radius 1 is 0.978 bits per heavy atom. The van der Waals surface area contributed by atoms with Gasteiger partial charge in [-0.1, -0.05) is 36.4 Å². The van der Waals surface area contributed by atoms with E-state index in [1.807, 2.05) is 41.3 Å². The van der Waals surface area contributed by atoms with E-state index in [2.05, 4.69) is 4.90 Å². The van der Waals surface area contributed by atoms with Gasteiger partial charge < -0.3 is 19.5 Å². The molecule has 10 heteroatoms. The summed E-state index contributed by atoms with van der Waals surface area (Å²) in [6.45, 7) is 3.42. The number of halogens is 4. The first-order valence-corrected chi connectivity index (χ1v) is 15.5. The molecule has 2 fully saturated rings. The minimum Gasteiger partial charge on any atom is -0.489 e. The van der Waals surface area contributed by atoms with Gasteiger partial charge in [0, 0.05) is 50.0 Å². The topological polar surface area (TPSA) is 56.3 Å². The molecule has 3 heterocycles. The number of ether oxygens (including phenoxy) is 1. The van der Waals surface area contributed by atoms with E-state index >= 15 is 8.78 Å². The minimum absolute atomic E-state index is 0.0104. The molecule has 3 aromatic carbocycles. The van der Waals surface area contributed by atoms with Crippen molar-refractivity contribution in [1.29, 1.82) is 0 Å². The molecule has 2 atom stereocenters. The van der Waals surface area contributed by atoms with E-state index in [0.717, 1.165) is 56.9 Å². The lowest BCUT2D eigenvalue weighted by Gasteiger charge is -2.42. The molecular weight excluding hydrogens is 586 g/mol. The molecule has 45 heavy (non-hydrogen) atoms. The Hall–Kier alpha value is -3.47. The summed E-state index contributed by atoms with van der Waals surface area (Å²) in [6.07, 6.45) is 1.60. The Balaban J connectivity index is 0.00000196. The lowest BCUT2D eigenvalue weighted by molar-refractivity contribution is -0.108. The Labute approximate surface area is 262 Å². The molecular formula is C35H41F4N3O3. The number of anilines is 1. The average molecular weight is 628 g/mol. The molecule has 0 bridgehead atoms. The molecule has 242 valence electrons. The van der Waals surface area contributed by atoms with Crippen LogP contribution in [0.1, 0.15) is 47.6 Å². The van der Waals surface area contributed by atoms with Gasteiger partial charge in [-0.2, -0.15) is 0 Å². The van der Waals surface area contributed by atoms with Gasteiger partial charge in [-0.05, 0) is 73.2 Å². The molecule has 6 nitrogen and oxygen atoms in total. The van der Waals surface area contributed by atoms with Crippen LogP contribution >= 0.6 is 0 Å². The van der Waals surface area contributed by atoms with Crippen molar-refractivity contribution in [2.45, 2.75) is 44.8 Å². The molecule has 0 aromatic heterocycles. The molecule has 2 unspecified atom stereocenters. The number of alkyl halides is 2. The highest BCUT2D eigenvalue weighted by atomic mass is 19.3. The number of hydrogen-bond acceptors (Lipinski definition) is 6. The van der Waals surface area contributed by atoms with Gasteiger partial charge in [-0.3, -0.25) is 9.80 Å². The zero-order valence-electron chi connectivity index (χ0n) is 25.6. The van der Waals surface area contributed by atoms with Gasteiger partial charge in [0.05, 0.1) is 19.1 Å². The van der Waals surface area contributed by atoms with Crippen molar-refractivity contribution < 1.29 is 32.2 Å². The molecule has 0 radical (unpaired) electrons. The Bertz CT molecular complexity index is 1420. The van der Waals surface area contributed by atoms with Gasteiger partial charge in [0.2, 0.25) is 0 Å². The second kappa shape index (κ2) is 14.7. The summed E-state index contributed by atoms with van der Waals surface area (Å²) in [7, 11) is 1.00. The monoisotopic (exact) mass is 627 g/mol. The van der Waals surface area contributed by atoms with Gasteiger partial charge in [0.1, 0.15) is 30.3 Å². The third-order valence-corrected chi connectivity index (χ3v) is 9.28. The second-order valence-electron chi connectivity index (χ2n) is 12.2. The van der Waals surface area contributed by atoms with Crippen LogP contribution in [-0.4, -0.2) is 80.5 Å². The predicted molar refractivity (Wildman–Crippen MR) is 166 cm³/mol. The van der Waals surface area contributed by atoms with E-state index < -0.39 is 30.6 Å². The number of aliphatic hydroxyl groups is 1. The van der Waals surface area contributed by atoms with Crippen LogP contribution in [0.5, 0.6) is 5.75 Å². The number of likely N-dealkylation sites (tertiary alicyclic amines) is 1. The third kappa shape index (κ3) is 7.51. The molecule has 6 rings (SSSR count). The summed E-state index contributed by atoms with van der Waals surface area (Å²) in [6, 6.07) is 16.8. The van der Waals surface area contributed by atoms with E-state index in [1.54, 1.807) is 12.1 Å². The van der Waals surface area contributed by atoms with Crippen LogP contribution in [0.4, 0.5) is 23.2 Å². The fraction of sp³-hybridized carbons (Fsp3) is 0.457. The van der Waals surface area contributed by atoms with Crippen LogP contribution in [-0.2, 0) is 17.8 Å². The van der Waals surface area contributed by atoms with Gasteiger partial charge in [-0.25, -0.2) is 17.6 Å². The maximum absolute atomic E-state index is 16.0. The molecule has 0 aliphatic carbocycles. The highest BCUT2D eigenvalue weighted by molar-refractivity contribution is 5.53. The first-order chi connectivity index (χ1) is 21.8. The normalized spacial score (nSPS) is 21.8. The van der Waals surface area contributed by atoms with Gasteiger partial charge >= 0.3 is 0 Å². The van der Waals surface area contributed by atoms with Gasteiger partial charge in [0.15, 0.2) is 0 Å². The highest BCUT2D eigenvalue weighted by Crippen LogP contribution is 2.43. The maximum atomic E-state index is 16.0. The number of aliphatic hydroxyl groups excluding tert-OH is 1. The van der Waals surface area contributed by atoms with Crippen LogP contribution in [0.25, 0.3) is 0 Å². The maximum Gasteiger partial charge on any atom is 0.251 e. The summed E-state index contributed by atoms with van der Waals surface area (Å²) in [5, 5.41) is 7.00. The standard InChI is InChI=1S/C34H37F4N3O2.CH4O/c35-29-18-26(41-12-4-10-34(23-41)11-14-39(22-34)15-16-42)19-30(36)32(29)33-28-8-7-27(43-21-24-5-2-1-3-6-24)17-25(28)9-13-40(33)20-31(37)38;1-2/h1-3,5-8,16-19,31,33H,4,9-15,20-23H2;2H,1H3. The molecule has 3 aliphatic heterocycles. The Morgan fingerprint density at radius 2 is 1.73 bits per heavy atom. The molecule has 2 saturated heterocycles. The zero-order valence-corrected chi connectivity index (χ0v) is 25.6. The van der Waals surface area contributed by atoms with Gasteiger partial charge in [0.25, 0.3) is 6.43 Å². The minimum atomic E-state index is -2.64. The Kier molecular flexibility index (Phi) is 10.8. The zero-order chi connectivity index (χ0) is 32.0. The molecule has 1 N–H and O–H groups in total. The number of hydrogen-bond donors (Lipinski definition) is 1. The van der Waals surface area contributed by atoms with Crippen molar-refractivity contribution in [3.8, 4) is 5.75 Å². The lowest BCUT2D eigenvalue weighted by atomic mass is 9.79. The third-order valence-electron chi connectivity index (χ3n) is 9.28. The fourth-order valence-electron chi connectivity index (χ4n) is 7.26. The van der Waals surface area contributed by atoms with Crippen molar-refractivity contribution in [1.82, 2.24) is 9.80 Å². The van der Waals surface area contributed by atoms with Gasteiger partial charge in [-0.15, -0.1) is 0 Å². The Morgan fingerprint density at radius 3 is 2.44 bits per heavy atom. The van der Waals surface area contributed by atoms with Crippen LogP contribution in [0.2, 0.25) is 0 Å². The number of rotatable bonds is 9. The summed E-state index contributed by atoms with van der Waals surface area (Å²) < 4.78 is 65.3. The average Bonchev–Trinajstić information content (AvgIpc) is 3.42. The first-order valence-electron chi connectivity index (χ1n) is 15.5. The largest absolute Gasteiger partial charge is 0.489 e. The number of nitrogens with zero attached hydrogens (tertiary/aromatic N) is 3. The number of aldehydes is 1. The van der Waals surface area contributed by atoms with E-state index in [1.165, 1.54) is 17.0 Å². The first kappa shape index (κ1) is 32.9. The predicted octanol–water partition coefficient (Wildman–Crippen LogP) is 5.86. The number of fused-ring (bicyclic) bond motifs is 1. The molecule has 3 aliphatic rings.